The number of ketones is 1. The summed E-state index contributed by atoms with van der Waals surface area (Å²) in [6.07, 6.45) is 0.167. The van der Waals surface area contributed by atoms with Crippen molar-refractivity contribution in [2.45, 2.75) is 33.1 Å². The van der Waals surface area contributed by atoms with Gasteiger partial charge in [-0.05, 0) is 24.5 Å². The van der Waals surface area contributed by atoms with E-state index in [0.29, 0.717) is 11.6 Å². The van der Waals surface area contributed by atoms with Crippen molar-refractivity contribution in [3.63, 3.8) is 0 Å². The molecule has 0 aliphatic rings. The van der Waals surface area contributed by atoms with E-state index in [-0.39, 0.29) is 12.2 Å². The first-order chi connectivity index (χ1) is 7.56. The highest BCUT2D eigenvalue weighted by Gasteiger charge is 2.19. The van der Waals surface area contributed by atoms with Crippen LogP contribution in [0.5, 0.6) is 0 Å². The zero-order valence-corrected chi connectivity index (χ0v) is 9.90. The van der Waals surface area contributed by atoms with Gasteiger partial charge in [-0.1, -0.05) is 32.0 Å². The quantitative estimate of drug-likeness (QED) is 0.433. The van der Waals surface area contributed by atoms with Gasteiger partial charge in [0.05, 0.1) is 5.56 Å². The summed E-state index contributed by atoms with van der Waals surface area (Å²) in [5.41, 5.74) is 11.4. The largest absolute Gasteiger partial charge is 0.361 e. The second kappa shape index (κ2) is 5.38. The highest BCUT2D eigenvalue weighted by atomic mass is 16.1. The van der Waals surface area contributed by atoms with Gasteiger partial charge in [0.15, 0.2) is 0 Å². The number of hydrogen-bond acceptors (Lipinski definition) is 1. The minimum Gasteiger partial charge on any atom is -0.361 e. The third-order valence-electron chi connectivity index (χ3n) is 2.43. The number of benzene rings is 1. The van der Waals surface area contributed by atoms with Gasteiger partial charge < -0.3 is 5.53 Å². The molecule has 16 heavy (non-hydrogen) atoms. The summed E-state index contributed by atoms with van der Waals surface area (Å²) in [7, 11) is 0. The monoisotopic (exact) mass is 216 g/mol. The lowest BCUT2D eigenvalue weighted by Gasteiger charge is -2.08. The molecule has 0 fully saturated rings. The fraction of sp³-hybridized carbons (Fsp3) is 0.385. The molecule has 0 aliphatic heterocycles. The Balaban J connectivity index is 3.20. The minimum absolute atomic E-state index is 0.00800. The summed E-state index contributed by atoms with van der Waals surface area (Å²) in [5.74, 6) is 0.325. The second-order valence-electron chi connectivity index (χ2n) is 4.17. The smallest absolute Gasteiger partial charge is 0.306 e. The molecule has 0 saturated heterocycles. The van der Waals surface area contributed by atoms with Crippen LogP contribution in [0.2, 0.25) is 0 Å². The van der Waals surface area contributed by atoms with Crippen molar-refractivity contribution in [1.29, 1.82) is 0 Å². The van der Waals surface area contributed by atoms with Crippen LogP contribution in [0.1, 0.15) is 44.2 Å². The molecule has 0 saturated carbocycles. The molecule has 0 spiro atoms. The molecule has 1 aromatic rings. The Hall–Kier alpha value is -1.73. The molecule has 0 amide bonds. The van der Waals surface area contributed by atoms with Crippen molar-refractivity contribution in [3.05, 3.63) is 40.9 Å². The average molecular weight is 216 g/mol. The van der Waals surface area contributed by atoms with Gasteiger partial charge in [-0.2, -0.15) is 4.79 Å². The van der Waals surface area contributed by atoms with Crippen molar-refractivity contribution in [2.24, 2.45) is 0 Å². The summed E-state index contributed by atoms with van der Waals surface area (Å²) in [6, 6.07) is 7.70. The van der Waals surface area contributed by atoms with Gasteiger partial charge in [-0.3, -0.25) is 4.79 Å². The Morgan fingerprint density at radius 2 is 2.00 bits per heavy atom. The van der Waals surface area contributed by atoms with Crippen LogP contribution < -0.4 is 0 Å². The van der Waals surface area contributed by atoms with Crippen LogP contribution in [-0.2, 0) is 4.79 Å². The zero-order chi connectivity index (χ0) is 12.1. The number of nitrogens with zero attached hydrogens (tertiary/aromatic N) is 2. The molecule has 0 aliphatic carbocycles. The van der Waals surface area contributed by atoms with Gasteiger partial charge in [0.1, 0.15) is 12.2 Å². The highest BCUT2D eigenvalue weighted by molar-refractivity contribution is 6.08. The van der Waals surface area contributed by atoms with Crippen molar-refractivity contribution < 1.29 is 9.58 Å². The molecular weight excluding hydrogens is 200 g/mol. The normalized spacial score (nSPS) is 10.0. The van der Waals surface area contributed by atoms with E-state index < -0.39 is 0 Å². The van der Waals surface area contributed by atoms with E-state index in [2.05, 4.69) is 18.6 Å². The predicted molar refractivity (Wildman–Crippen MR) is 63.6 cm³/mol. The lowest BCUT2D eigenvalue weighted by atomic mass is 9.93. The maximum atomic E-state index is 11.1. The fourth-order valence-corrected chi connectivity index (χ4v) is 1.68. The molecule has 84 valence electrons. The van der Waals surface area contributed by atoms with E-state index in [4.69, 9.17) is 5.53 Å². The SMILES string of the molecule is CC(=O)CC(=[N+]=[N-])c1ccccc1C(C)C. The Kier molecular flexibility index (Phi) is 4.15. The third-order valence-corrected chi connectivity index (χ3v) is 2.43. The molecule has 0 bridgehead atoms. The third kappa shape index (κ3) is 2.88. The van der Waals surface area contributed by atoms with Crippen LogP contribution in [0.25, 0.3) is 5.53 Å². The molecule has 0 unspecified atom stereocenters. The van der Waals surface area contributed by atoms with Crippen molar-refractivity contribution >= 4 is 11.5 Å². The second-order valence-corrected chi connectivity index (χ2v) is 4.17. The van der Waals surface area contributed by atoms with E-state index in [1.165, 1.54) is 6.92 Å². The number of carbonyl (C=O) groups excluding carboxylic acids is 1. The van der Waals surface area contributed by atoms with Gasteiger partial charge >= 0.3 is 5.71 Å². The zero-order valence-electron chi connectivity index (χ0n) is 9.90. The molecule has 0 N–H and O–H groups in total. The van der Waals surface area contributed by atoms with Crippen molar-refractivity contribution in [1.82, 2.24) is 0 Å². The summed E-state index contributed by atoms with van der Waals surface area (Å²) >= 11 is 0. The van der Waals surface area contributed by atoms with E-state index in [1.54, 1.807) is 0 Å². The van der Waals surface area contributed by atoms with Gasteiger partial charge in [-0.15, -0.1) is 0 Å². The molecule has 0 atom stereocenters. The minimum atomic E-state index is -0.00800. The van der Waals surface area contributed by atoms with Crippen LogP contribution in [0.3, 0.4) is 0 Å². The topological polar surface area (TPSA) is 53.5 Å². The summed E-state index contributed by atoms with van der Waals surface area (Å²) in [6.45, 7) is 5.63. The van der Waals surface area contributed by atoms with Gasteiger partial charge in [0.2, 0.25) is 0 Å². The van der Waals surface area contributed by atoms with Crippen LogP contribution in [0.4, 0.5) is 0 Å². The molecular formula is C13H16N2O. The van der Waals surface area contributed by atoms with Crippen molar-refractivity contribution in [3.8, 4) is 0 Å². The summed E-state index contributed by atoms with van der Waals surface area (Å²) in [4.78, 5) is 14.3. The molecule has 3 heteroatoms. The maximum absolute atomic E-state index is 11.1. The Morgan fingerprint density at radius 3 is 2.50 bits per heavy atom. The first-order valence-corrected chi connectivity index (χ1v) is 5.36. The standard InChI is InChI=1S/C13H16N2O/c1-9(2)11-6-4-5-7-12(11)13(15-14)8-10(3)16/h4-7,9H,8H2,1-3H3. The molecule has 0 heterocycles. The van der Waals surface area contributed by atoms with E-state index >= 15 is 0 Å². The van der Waals surface area contributed by atoms with Crippen LogP contribution in [-0.4, -0.2) is 16.3 Å². The highest BCUT2D eigenvalue weighted by Crippen LogP contribution is 2.20. The Labute approximate surface area is 95.7 Å². The number of rotatable bonds is 4. The number of hydrogen-bond donors (Lipinski definition) is 0. The summed E-state index contributed by atoms with van der Waals surface area (Å²) < 4.78 is 0. The Bertz CT molecular complexity index is 443. The summed E-state index contributed by atoms with van der Waals surface area (Å²) in [5, 5.41) is 0. The van der Waals surface area contributed by atoms with Gasteiger partial charge in [-0.25, -0.2) is 0 Å². The average Bonchev–Trinajstić information content (AvgIpc) is 2.25. The fourth-order valence-electron chi connectivity index (χ4n) is 1.68. The first kappa shape index (κ1) is 12.3. The predicted octanol–water partition coefficient (Wildman–Crippen LogP) is 2.81. The lowest BCUT2D eigenvalue weighted by Crippen LogP contribution is -2.11. The van der Waals surface area contributed by atoms with E-state index in [0.717, 1.165) is 11.1 Å². The maximum Gasteiger partial charge on any atom is 0.306 e. The van der Waals surface area contributed by atoms with Gasteiger partial charge in [0.25, 0.3) is 0 Å². The van der Waals surface area contributed by atoms with Crippen LogP contribution in [0.15, 0.2) is 24.3 Å². The number of carbonyl (C=O) groups is 1. The van der Waals surface area contributed by atoms with Crippen LogP contribution in [0, 0.1) is 0 Å². The number of Topliss-reactive ketones (excluding diaryl/α,β-unsaturated/α-hetero) is 1. The molecule has 0 aromatic heterocycles. The van der Waals surface area contributed by atoms with E-state index in [1.807, 2.05) is 24.3 Å². The molecule has 1 rings (SSSR count). The lowest BCUT2D eigenvalue weighted by molar-refractivity contribution is -0.116. The first-order valence-electron chi connectivity index (χ1n) is 5.36. The molecule has 1 aromatic carbocycles. The molecule has 0 radical (unpaired) electrons. The van der Waals surface area contributed by atoms with Gasteiger partial charge in [0, 0.05) is 0 Å². The van der Waals surface area contributed by atoms with E-state index in [9.17, 15) is 4.79 Å². The van der Waals surface area contributed by atoms with Crippen molar-refractivity contribution in [2.75, 3.05) is 0 Å². The molecule has 3 nitrogen and oxygen atoms in total. The Morgan fingerprint density at radius 1 is 1.38 bits per heavy atom. The van der Waals surface area contributed by atoms with Crippen LogP contribution >= 0.6 is 0 Å².